The number of halogens is 4. The number of rotatable bonds is 5. The van der Waals surface area contributed by atoms with Gasteiger partial charge in [-0.1, -0.05) is 11.6 Å². The number of carbonyl (C=O) groups excluding carboxylic acids is 2. The standard InChI is InChI=1S/C18H23ClF3N3O2/c1-12(17(27)25-8-4-3-5-9-25)24(2)11-16(26)23-13-6-7-15(19)14(10-13)18(20,21)22/h6-7,10,12H,3-5,8-9,11H2,1-2H3,(H,23,26)/t12-/m0/s1. The number of benzene rings is 1. The molecular formula is C18H23ClF3N3O2. The van der Waals surface area contributed by atoms with Gasteiger partial charge in [-0.05, 0) is 51.4 Å². The highest BCUT2D eigenvalue weighted by Gasteiger charge is 2.33. The Kier molecular flexibility index (Phi) is 7.11. The molecule has 5 nitrogen and oxygen atoms in total. The fourth-order valence-electron chi connectivity index (χ4n) is 2.95. The van der Waals surface area contributed by atoms with Crippen molar-refractivity contribution in [1.82, 2.24) is 9.80 Å². The molecule has 1 N–H and O–H groups in total. The molecule has 0 unspecified atom stereocenters. The first kappa shape index (κ1) is 21.5. The van der Waals surface area contributed by atoms with E-state index < -0.39 is 28.7 Å². The predicted octanol–water partition coefficient (Wildman–Crippen LogP) is 3.63. The summed E-state index contributed by atoms with van der Waals surface area (Å²) in [4.78, 5) is 28.0. The Bertz CT molecular complexity index is 691. The van der Waals surface area contributed by atoms with E-state index in [0.717, 1.165) is 31.4 Å². The molecule has 1 fully saturated rings. The van der Waals surface area contributed by atoms with Crippen molar-refractivity contribution in [3.63, 3.8) is 0 Å². The van der Waals surface area contributed by atoms with E-state index in [4.69, 9.17) is 11.6 Å². The van der Waals surface area contributed by atoms with Gasteiger partial charge < -0.3 is 10.2 Å². The highest BCUT2D eigenvalue weighted by Crippen LogP contribution is 2.36. The third-order valence-electron chi connectivity index (χ3n) is 4.63. The zero-order chi connectivity index (χ0) is 20.2. The number of nitrogens with one attached hydrogen (secondary N) is 1. The van der Waals surface area contributed by atoms with Crippen molar-refractivity contribution in [2.45, 2.75) is 38.4 Å². The van der Waals surface area contributed by atoms with Gasteiger partial charge in [0.2, 0.25) is 11.8 Å². The number of anilines is 1. The van der Waals surface area contributed by atoms with E-state index in [9.17, 15) is 22.8 Å². The average molecular weight is 406 g/mol. The van der Waals surface area contributed by atoms with Gasteiger partial charge in [-0.25, -0.2) is 0 Å². The Morgan fingerprint density at radius 3 is 2.48 bits per heavy atom. The zero-order valence-electron chi connectivity index (χ0n) is 15.3. The van der Waals surface area contributed by atoms with Gasteiger partial charge in [0.25, 0.3) is 0 Å². The van der Waals surface area contributed by atoms with Crippen LogP contribution >= 0.6 is 11.6 Å². The Balaban J connectivity index is 1.95. The molecule has 0 aliphatic carbocycles. The normalized spacial score (nSPS) is 16.3. The van der Waals surface area contributed by atoms with Crippen molar-refractivity contribution < 1.29 is 22.8 Å². The molecule has 1 aromatic rings. The second kappa shape index (κ2) is 8.93. The Hall–Kier alpha value is -1.80. The maximum absolute atomic E-state index is 12.9. The largest absolute Gasteiger partial charge is 0.417 e. The van der Waals surface area contributed by atoms with Crippen LogP contribution < -0.4 is 5.32 Å². The van der Waals surface area contributed by atoms with Gasteiger partial charge in [-0.15, -0.1) is 0 Å². The summed E-state index contributed by atoms with van der Waals surface area (Å²) in [6.07, 6.45) is -1.55. The van der Waals surface area contributed by atoms with Gasteiger partial charge in [0.1, 0.15) is 0 Å². The number of alkyl halides is 3. The van der Waals surface area contributed by atoms with E-state index in [1.807, 2.05) is 0 Å². The zero-order valence-corrected chi connectivity index (χ0v) is 16.0. The van der Waals surface area contributed by atoms with E-state index >= 15 is 0 Å². The fourth-order valence-corrected chi connectivity index (χ4v) is 3.18. The molecule has 2 amide bonds. The van der Waals surface area contributed by atoms with Crippen molar-refractivity contribution in [1.29, 1.82) is 0 Å². The van der Waals surface area contributed by atoms with Crippen LogP contribution in [0.4, 0.5) is 18.9 Å². The van der Waals surface area contributed by atoms with Crippen molar-refractivity contribution in [2.75, 3.05) is 32.0 Å². The van der Waals surface area contributed by atoms with E-state index in [1.165, 1.54) is 6.07 Å². The van der Waals surface area contributed by atoms with Crippen LogP contribution in [0.1, 0.15) is 31.7 Å². The van der Waals surface area contributed by atoms with Crippen molar-refractivity contribution >= 4 is 29.1 Å². The molecule has 1 atom stereocenters. The van der Waals surface area contributed by atoms with Crippen LogP contribution in [0.5, 0.6) is 0 Å². The number of likely N-dealkylation sites (tertiary alicyclic amines) is 1. The SMILES string of the molecule is C[C@@H](C(=O)N1CCCCC1)N(C)CC(=O)Nc1ccc(Cl)c(C(F)(F)F)c1. The van der Waals surface area contributed by atoms with Crippen LogP contribution in [0.3, 0.4) is 0 Å². The molecule has 0 saturated carbocycles. The molecule has 0 aromatic heterocycles. The van der Waals surface area contributed by atoms with Crippen molar-refractivity contribution in [3.8, 4) is 0 Å². The molecule has 0 spiro atoms. The lowest BCUT2D eigenvalue weighted by atomic mass is 10.1. The molecule has 0 radical (unpaired) electrons. The first-order chi connectivity index (χ1) is 12.6. The molecule has 1 heterocycles. The Morgan fingerprint density at radius 2 is 1.89 bits per heavy atom. The van der Waals surface area contributed by atoms with Gasteiger partial charge in [-0.2, -0.15) is 13.2 Å². The monoisotopic (exact) mass is 405 g/mol. The van der Waals surface area contributed by atoms with Crippen molar-refractivity contribution in [3.05, 3.63) is 28.8 Å². The molecule has 1 aliphatic heterocycles. The van der Waals surface area contributed by atoms with E-state index in [1.54, 1.807) is 23.8 Å². The number of amides is 2. The smallest absolute Gasteiger partial charge is 0.341 e. The van der Waals surface area contributed by atoms with Crippen LogP contribution in [0.25, 0.3) is 0 Å². The lowest BCUT2D eigenvalue weighted by molar-refractivity contribution is -0.138. The molecular weight excluding hydrogens is 383 g/mol. The van der Waals surface area contributed by atoms with Crippen LogP contribution in [-0.2, 0) is 15.8 Å². The number of hydrogen-bond acceptors (Lipinski definition) is 3. The summed E-state index contributed by atoms with van der Waals surface area (Å²) >= 11 is 5.57. The van der Waals surface area contributed by atoms with Crippen LogP contribution in [-0.4, -0.2) is 54.3 Å². The summed E-state index contributed by atoms with van der Waals surface area (Å²) in [5.41, 5.74) is -1.01. The summed E-state index contributed by atoms with van der Waals surface area (Å²) in [7, 11) is 1.63. The molecule has 0 bridgehead atoms. The van der Waals surface area contributed by atoms with Crippen molar-refractivity contribution in [2.24, 2.45) is 0 Å². The Morgan fingerprint density at radius 1 is 1.26 bits per heavy atom. The van der Waals surface area contributed by atoms with Gasteiger partial charge in [0.15, 0.2) is 0 Å². The first-order valence-corrected chi connectivity index (χ1v) is 9.13. The molecule has 1 aliphatic rings. The Labute approximate surface area is 161 Å². The molecule has 9 heteroatoms. The summed E-state index contributed by atoms with van der Waals surface area (Å²) in [5, 5.41) is 1.99. The second-order valence-corrected chi connectivity index (χ2v) is 7.12. The van der Waals surface area contributed by atoms with Crippen LogP contribution in [0, 0.1) is 0 Å². The van der Waals surface area contributed by atoms with Gasteiger partial charge >= 0.3 is 6.18 Å². The lowest BCUT2D eigenvalue weighted by Crippen LogP contribution is -2.49. The summed E-state index contributed by atoms with van der Waals surface area (Å²) in [6, 6.07) is 2.69. The molecule has 1 aromatic carbocycles. The minimum atomic E-state index is -4.61. The number of carbonyl (C=O) groups is 2. The molecule has 2 rings (SSSR count). The number of piperidine rings is 1. The summed E-state index contributed by atoms with van der Waals surface area (Å²) < 4.78 is 38.7. The summed E-state index contributed by atoms with van der Waals surface area (Å²) in [5.74, 6) is -0.554. The van der Waals surface area contributed by atoms with Gasteiger partial charge in [-0.3, -0.25) is 14.5 Å². The predicted molar refractivity (Wildman–Crippen MR) is 97.6 cm³/mol. The van der Waals surface area contributed by atoms with Crippen LogP contribution in [0.15, 0.2) is 18.2 Å². The third-order valence-corrected chi connectivity index (χ3v) is 4.96. The topological polar surface area (TPSA) is 52.7 Å². The number of nitrogens with zero attached hydrogens (tertiary/aromatic N) is 2. The molecule has 1 saturated heterocycles. The highest BCUT2D eigenvalue weighted by atomic mass is 35.5. The van der Waals surface area contributed by atoms with E-state index in [0.29, 0.717) is 13.1 Å². The highest BCUT2D eigenvalue weighted by molar-refractivity contribution is 6.31. The molecule has 27 heavy (non-hydrogen) atoms. The minimum Gasteiger partial charge on any atom is -0.341 e. The number of hydrogen-bond donors (Lipinski definition) is 1. The summed E-state index contributed by atoms with van der Waals surface area (Å²) in [6.45, 7) is 3.03. The fraction of sp³-hybridized carbons (Fsp3) is 0.556. The quantitative estimate of drug-likeness (QED) is 0.813. The van der Waals surface area contributed by atoms with E-state index in [2.05, 4.69) is 5.32 Å². The third kappa shape index (κ3) is 5.84. The van der Waals surface area contributed by atoms with E-state index in [-0.39, 0.29) is 18.1 Å². The minimum absolute atomic E-state index is 0.000125. The van der Waals surface area contributed by atoms with Gasteiger partial charge in [0.05, 0.1) is 23.2 Å². The molecule has 150 valence electrons. The number of likely N-dealkylation sites (N-methyl/N-ethyl adjacent to an activating group) is 1. The van der Waals surface area contributed by atoms with Gasteiger partial charge in [0, 0.05) is 18.8 Å². The maximum atomic E-state index is 12.9. The van der Waals surface area contributed by atoms with Crippen LogP contribution in [0.2, 0.25) is 5.02 Å². The average Bonchev–Trinajstić information content (AvgIpc) is 2.61. The first-order valence-electron chi connectivity index (χ1n) is 8.75. The second-order valence-electron chi connectivity index (χ2n) is 6.72. The lowest BCUT2D eigenvalue weighted by Gasteiger charge is -2.32. The maximum Gasteiger partial charge on any atom is 0.417 e.